The molecule has 0 spiro atoms. The minimum absolute atomic E-state index is 0.0157. The van der Waals surface area contributed by atoms with E-state index in [-0.39, 0.29) is 16.5 Å². The van der Waals surface area contributed by atoms with Crippen LogP contribution in [0.4, 0.5) is 5.69 Å². The maximum absolute atomic E-state index is 12.0. The van der Waals surface area contributed by atoms with Crippen molar-refractivity contribution in [2.45, 2.75) is 18.7 Å². The number of rotatable bonds is 7. The molecule has 0 aliphatic carbocycles. The first-order valence-corrected chi connectivity index (χ1v) is 7.81. The van der Waals surface area contributed by atoms with E-state index in [1.807, 2.05) is 13.8 Å². The summed E-state index contributed by atoms with van der Waals surface area (Å²) in [4.78, 5) is -0.0157. The molecule has 0 atom stereocenters. The third-order valence-corrected chi connectivity index (χ3v) is 4.18. The number of anilines is 1. The van der Waals surface area contributed by atoms with E-state index in [0.29, 0.717) is 24.8 Å². The number of benzene rings is 1. The summed E-state index contributed by atoms with van der Waals surface area (Å²) in [5.41, 5.74) is 5.91. The molecule has 0 aromatic heterocycles. The molecule has 7 heteroatoms. The molecule has 0 aliphatic heterocycles. The van der Waals surface area contributed by atoms with Crippen molar-refractivity contribution in [3.63, 3.8) is 0 Å². The van der Waals surface area contributed by atoms with Gasteiger partial charge in [-0.25, -0.2) is 13.1 Å². The molecule has 0 amide bonds. The van der Waals surface area contributed by atoms with Crippen LogP contribution in [-0.4, -0.2) is 28.2 Å². The van der Waals surface area contributed by atoms with Gasteiger partial charge >= 0.3 is 0 Å². The van der Waals surface area contributed by atoms with Crippen LogP contribution in [0, 0.1) is 5.92 Å². The Morgan fingerprint density at radius 3 is 2.74 bits per heavy atom. The molecule has 0 bridgehead atoms. The summed E-state index contributed by atoms with van der Waals surface area (Å²) in [6.07, 6.45) is 0. The van der Waals surface area contributed by atoms with E-state index in [1.165, 1.54) is 12.1 Å². The molecule has 108 valence electrons. The molecule has 5 nitrogen and oxygen atoms in total. The zero-order valence-corrected chi connectivity index (χ0v) is 12.6. The van der Waals surface area contributed by atoms with Gasteiger partial charge in [0.05, 0.1) is 11.6 Å². The molecule has 0 heterocycles. The maximum atomic E-state index is 12.0. The Balaban J connectivity index is 2.59. The van der Waals surface area contributed by atoms with Crippen LogP contribution >= 0.6 is 11.6 Å². The quantitative estimate of drug-likeness (QED) is 0.595. The van der Waals surface area contributed by atoms with Gasteiger partial charge in [-0.1, -0.05) is 25.4 Å². The van der Waals surface area contributed by atoms with Gasteiger partial charge in [-0.3, -0.25) is 0 Å². The summed E-state index contributed by atoms with van der Waals surface area (Å²) in [7, 11) is -3.66. The van der Waals surface area contributed by atoms with E-state index < -0.39 is 10.0 Å². The molecule has 1 aromatic rings. The first-order chi connectivity index (χ1) is 8.83. The van der Waals surface area contributed by atoms with Crippen molar-refractivity contribution in [1.29, 1.82) is 0 Å². The topological polar surface area (TPSA) is 81.4 Å². The molecular weight excluding hydrogens is 288 g/mol. The minimum Gasteiger partial charge on any atom is -0.399 e. The highest BCUT2D eigenvalue weighted by Crippen LogP contribution is 2.23. The van der Waals surface area contributed by atoms with Crippen LogP contribution in [-0.2, 0) is 14.8 Å². The number of sulfonamides is 1. The molecular formula is C12H19ClN2O3S. The predicted octanol–water partition coefficient (Wildman–Crippen LogP) is 1.87. The first kappa shape index (κ1) is 16.2. The van der Waals surface area contributed by atoms with Crippen molar-refractivity contribution in [3.05, 3.63) is 23.2 Å². The second-order valence-electron chi connectivity index (χ2n) is 4.56. The third-order valence-electron chi connectivity index (χ3n) is 2.23. The lowest BCUT2D eigenvalue weighted by Gasteiger charge is -2.10. The summed E-state index contributed by atoms with van der Waals surface area (Å²) >= 11 is 5.86. The number of ether oxygens (including phenoxy) is 1. The Bertz CT molecular complexity index is 518. The van der Waals surface area contributed by atoms with Crippen molar-refractivity contribution < 1.29 is 13.2 Å². The Labute approximate surface area is 119 Å². The van der Waals surface area contributed by atoms with E-state index in [2.05, 4.69) is 4.72 Å². The lowest BCUT2D eigenvalue weighted by Crippen LogP contribution is -2.28. The second-order valence-corrected chi connectivity index (χ2v) is 6.70. The fourth-order valence-corrected chi connectivity index (χ4v) is 2.92. The van der Waals surface area contributed by atoms with Crippen molar-refractivity contribution >= 4 is 27.3 Å². The lowest BCUT2D eigenvalue weighted by atomic mass is 10.2. The van der Waals surface area contributed by atoms with E-state index in [9.17, 15) is 8.42 Å². The summed E-state index contributed by atoms with van der Waals surface area (Å²) in [5.74, 6) is 0.417. The van der Waals surface area contributed by atoms with Gasteiger partial charge in [-0.15, -0.1) is 0 Å². The van der Waals surface area contributed by atoms with Crippen molar-refractivity contribution in [2.75, 3.05) is 25.5 Å². The van der Waals surface area contributed by atoms with E-state index in [0.717, 1.165) is 0 Å². The summed E-state index contributed by atoms with van der Waals surface area (Å²) in [6.45, 7) is 5.16. The van der Waals surface area contributed by atoms with Crippen LogP contribution in [0.1, 0.15) is 13.8 Å². The Morgan fingerprint density at radius 2 is 2.11 bits per heavy atom. The van der Waals surface area contributed by atoms with Crippen LogP contribution < -0.4 is 10.5 Å². The molecule has 0 aliphatic rings. The van der Waals surface area contributed by atoms with E-state index in [4.69, 9.17) is 22.1 Å². The van der Waals surface area contributed by atoms with E-state index in [1.54, 1.807) is 6.07 Å². The average Bonchev–Trinajstić information content (AvgIpc) is 2.31. The highest BCUT2D eigenvalue weighted by atomic mass is 35.5. The van der Waals surface area contributed by atoms with Gasteiger partial charge in [0.25, 0.3) is 0 Å². The lowest BCUT2D eigenvalue weighted by molar-refractivity contribution is 0.114. The molecule has 1 rings (SSSR count). The maximum Gasteiger partial charge on any atom is 0.242 e. The van der Waals surface area contributed by atoms with E-state index >= 15 is 0 Å². The number of hydrogen-bond acceptors (Lipinski definition) is 4. The van der Waals surface area contributed by atoms with Crippen LogP contribution in [0.5, 0.6) is 0 Å². The first-order valence-electron chi connectivity index (χ1n) is 5.95. The SMILES string of the molecule is CC(C)COCCNS(=O)(=O)c1cc(N)ccc1Cl. The summed E-state index contributed by atoms with van der Waals surface area (Å²) in [5, 5.41) is 0.143. The van der Waals surface area contributed by atoms with Gasteiger partial charge in [-0.2, -0.15) is 0 Å². The Kier molecular flexibility index (Phi) is 6.06. The number of nitrogen functional groups attached to an aromatic ring is 1. The molecule has 3 N–H and O–H groups in total. The molecule has 0 fully saturated rings. The predicted molar refractivity (Wildman–Crippen MR) is 76.7 cm³/mol. The van der Waals surface area contributed by atoms with Gasteiger partial charge in [0, 0.05) is 18.8 Å². The number of hydrogen-bond donors (Lipinski definition) is 2. The van der Waals surface area contributed by atoms with Crippen molar-refractivity contribution in [1.82, 2.24) is 4.72 Å². The van der Waals surface area contributed by atoms with Gasteiger partial charge in [0.1, 0.15) is 4.90 Å². The number of nitrogens with two attached hydrogens (primary N) is 1. The Morgan fingerprint density at radius 1 is 1.42 bits per heavy atom. The van der Waals surface area contributed by atoms with Gasteiger partial charge in [0.2, 0.25) is 10.0 Å². The fourth-order valence-electron chi connectivity index (χ4n) is 1.37. The van der Waals surface area contributed by atoms with Gasteiger partial charge < -0.3 is 10.5 Å². The standard InChI is InChI=1S/C12H19ClN2O3S/c1-9(2)8-18-6-5-15-19(16,17)12-7-10(14)3-4-11(12)13/h3-4,7,9,15H,5-6,8,14H2,1-2H3. The van der Waals surface area contributed by atoms with Crippen LogP contribution in [0.15, 0.2) is 23.1 Å². The number of halogens is 1. The van der Waals surface area contributed by atoms with Crippen LogP contribution in [0.3, 0.4) is 0 Å². The van der Waals surface area contributed by atoms with Crippen molar-refractivity contribution in [2.24, 2.45) is 5.92 Å². The highest BCUT2D eigenvalue weighted by Gasteiger charge is 2.17. The molecule has 0 unspecified atom stereocenters. The highest BCUT2D eigenvalue weighted by molar-refractivity contribution is 7.89. The summed E-state index contributed by atoms with van der Waals surface area (Å²) in [6, 6.07) is 4.34. The largest absolute Gasteiger partial charge is 0.399 e. The summed E-state index contributed by atoms with van der Waals surface area (Å²) < 4.78 is 31.7. The third kappa shape index (κ3) is 5.36. The molecule has 0 radical (unpaired) electrons. The smallest absolute Gasteiger partial charge is 0.242 e. The zero-order valence-electron chi connectivity index (χ0n) is 11.0. The molecule has 0 saturated heterocycles. The van der Waals surface area contributed by atoms with Crippen molar-refractivity contribution in [3.8, 4) is 0 Å². The van der Waals surface area contributed by atoms with Crippen LogP contribution in [0.2, 0.25) is 5.02 Å². The zero-order chi connectivity index (χ0) is 14.5. The second kappa shape index (κ2) is 7.09. The fraction of sp³-hybridized carbons (Fsp3) is 0.500. The van der Waals surface area contributed by atoms with Gasteiger partial charge in [-0.05, 0) is 24.1 Å². The monoisotopic (exact) mass is 306 g/mol. The van der Waals surface area contributed by atoms with Gasteiger partial charge in [0.15, 0.2) is 0 Å². The Hall–Kier alpha value is -0.820. The average molecular weight is 307 g/mol. The van der Waals surface area contributed by atoms with Crippen LogP contribution in [0.25, 0.3) is 0 Å². The molecule has 1 aromatic carbocycles. The molecule has 0 saturated carbocycles. The molecule has 19 heavy (non-hydrogen) atoms. The normalized spacial score (nSPS) is 12.0. The minimum atomic E-state index is -3.66. The number of nitrogens with one attached hydrogen (secondary N) is 1.